The summed E-state index contributed by atoms with van der Waals surface area (Å²) in [7, 11) is 0. The number of hydrogen-bond donors (Lipinski definition) is 2. The minimum Gasteiger partial charge on any atom is -0.395 e. The van der Waals surface area contributed by atoms with Crippen LogP contribution in [0.5, 0.6) is 0 Å². The summed E-state index contributed by atoms with van der Waals surface area (Å²) in [5.41, 5.74) is 5.50. The van der Waals surface area contributed by atoms with E-state index in [0.717, 1.165) is 19.4 Å². The number of likely N-dealkylation sites (N-methyl/N-ethyl adjacent to an activating group) is 1. The zero-order valence-corrected chi connectivity index (χ0v) is 9.31. The molecule has 1 atom stereocenters. The molecule has 0 aliphatic carbocycles. The van der Waals surface area contributed by atoms with Crippen LogP contribution in [0, 0.1) is 0 Å². The van der Waals surface area contributed by atoms with E-state index in [9.17, 15) is 0 Å². The summed E-state index contributed by atoms with van der Waals surface area (Å²) in [6.45, 7) is 6.03. The highest BCUT2D eigenvalue weighted by atomic mass is 32.1. The lowest BCUT2D eigenvalue weighted by molar-refractivity contribution is 0.156. The first kappa shape index (κ1) is 12.8. The Morgan fingerprint density at radius 2 is 2.15 bits per heavy atom. The third-order valence-electron chi connectivity index (χ3n) is 2.22. The van der Waals surface area contributed by atoms with Crippen molar-refractivity contribution in [2.75, 3.05) is 19.7 Å². The number of aliphatic hydroxyl groups excluding tert-OH is 1. The Hall–Kier alpha value is -0.190. The molecule has 3 N–H and O–H groups in total. The van der Waals surface area contributed by atoms with Crippen LogP contribution in [0.1, 0.15) is 26.7 Å². The highest BCUT2D eigenvalue weighted by Crippen LogP contribution is 2.07. The van der Waals surface area contributed by atoms with Crippen molar-refractivity contribution in [3.8, 4) is 0 Å². The maximum Gasteiger partial charge on any atom is 0.0743 e. The topological polar surface area (TPSA) is 49.5 Å². The molecule has 0 fully saturated rings. The van der Waals surface area contributed by atoms with Crippen molar-refractivity contribution in [2.45, 2.75) is 32.7 Å². The molecule has 0 heterocycles. The van der Waals surface area contributed by atoms with E-state index in [1.54, 1.807) is 0 Å². The summed E-state index contributed by atoms with van der Waals surface area (Å²) in [6, 6.07) is 0.384. The summed E-state index contributed by atoms with van der Waals surface area (Å²) < 4.78 is 0. The van der Waals surface area contributed by atoms with E-state index >= 15 is 0 Å². The molecule has 0 radical (unpaired) electrons. The maximum atomic E-state index is 8.84. The third kappa shape index (κ3) is 5.18. The van der Waals surface area contributed by atoms with Crippen LogP contribution in [0.4, 0.5) is 0 Å². The lowest BCUT2D eigenvalue weighted by Crippen LogP contribution is -2.39. The maximum absolute atomic E-state index is 8.84. The van der Waals surface area contributed by atoms with E-state index in [0.29, 0.717) is 17.6 Å². The molecule has 0 saturated carbocycles. The molecule has 3 nitrogen and oxygen atoms in total. The SMILES string of the molecule is CCC(CC(N)=S)N(CC)CCO. The number of thiocarbonyl (C=S) groups is 1. The molecule has 0 amide bonds. The van der Waals surface area contributed by atoms with Crippen molar-refractivity contribution in [3.63, 3.8) is 0 Å². The van der Waals surface area contributed by atoms with E-state index in [-0.39, 0.29) is 6.61 Å². The average Bonchev–Trinajstić information content (AvgIpc) is 2.10. The zero-order valence-electron chi connectivity index (χ0n) is 8.49. The highest BCUT2D eigenvalue weighted by molar-refractivity contribution is 7.80. The summed E-state index contributed by atoms with van der Waals surface area (Å²) in [4.78, 5) is 2.77. The number of aliphatic hydroxyl groups is 1. The first-order chi connectivity index (χ1) is 6.15. The average molecular weight is 204 g/mol. The number of nitrogens with zero attached hydrogens (tertiary/aromatic N) is 1. The monoisotopic (exact) mass is 204 g/mol. The largest absolute Gasteiger partial charge is 0.395 e. The molecular weight excluding hydrogens is 184 g/mol. The lowest BCUT2D eigenvalue weighted by Gasteiger charge is -2.28. The minimum absolute atomic E-state index is 0.196. The van der Waals surface area contributed by atoms with Crippen molar-refractivity contribution in [1.29, 1.82) is 0 Å². The molecule has 0 aliphatic rings. The van der Waals surface area contributed by atoms with Crippen LogP contribution in [0.25, 0.3) is 0 Å². The Bertz CT molecular complexity index is 153. The fraction of sp³-hybridized carbons (Fsp3) is 0.889. The van der Waals surface area contributed by atoms with Crippen LogP contribution >= 0.6 is 12.2 Å². The van der Waals surface area contributed by atoms with Gasteiger partial charge < -0.3 is 10.8 Å². The molecule has 0 aromatic rings. The molecule has 0 saturated heterocycles. The summed E-state index contributed by atoms with van der Waals surface area (Å²) in [5.74, 6) is 0. The van der Waals surface area contributed by atoms with Gasteiger partial charge in [-0.3, -0.25) is 4.90 Å². The third-order valence-corrected chi connectivity index (χ3v) is 2.38. The van der Waals surface area contributed by atoms with Gasteiger partial charge in [0, 0.05) is 19.0 Å². The van der Waals surface area contributed by atoms with Gasteiger partial charge >= 0.3 is 0 Å². The van der Waals surface area contributed by atoms with Crippen molar-refractivity contribution in [1.82, 2.24) is 4.90 Å². The first-order valence-electron chi connectivity index (χ1n) is 4.78. The Morgan fingerprint density at radius 1 is 1.54 bits per heavy atom. The molecule has 0 rings (SSSR count). The normalized spacial score (nSPS) is 13.2. The molecule has 0 aliphatic heterocycles. The van der Waals surface area contributed by atoms with Gasteiger partial charge in [0.25, 0.3) is 0 Å². The van der Waals surface area contributed by atoms with Gasteiger partial charge in [0.15, 0.2) is 0 Å². The van der Waals surface area contributed by atoms with E-state index in [1.807, 2.05) is 0 Å². The molecule has 4 heteroatoms. The quantitative estimate of drug-likeness (QED) is 0.601. The summed E-state index contributed by atoms with van der Waals surface area (Å²) in [5, 5.41) is 8.84. The van der Waals surface area contributed by atoms with Gasteiger partial charge in [-0.1, -0.05) is 26.1 Å². The molecule has 78 valence electrons. The molecule has 0 bridgehead atoms. The highest BCUT2D eigenvalue weighted by Gasteiger charge is 2.14. The predicted octanol–water partition coefficient (Wildman–Crippen LogP) is 0.755. The van der Waals surface area contributed by atoms with E-state index in [4.69, 9.17) is 23.1 Å². The van der Waals surface area contributed by atoms with E-state index < -0.39 is 0 Å². The molecule has 1 unspecified atom stereocenters. The fourth-order valence-corrected chi connectivity index (χ4v) is 1.68. The second-order valence-corrected chi connectivity index (χ2v) is 3.61. The Kier molecular flexibility index (Phi) is 7.13. The van der Waals surface area contributed by atoms with Gasteiger partial charge in [0.1, 0.15) is 0 Å². The summed E-state index contributed by atoms with van der Waals surface area (Å²) in [6.07, 6.45) is 1.77. The second-order valence-electron chi connectivity index (χ2n) is 3.08. The minimum atomic E-state index is 0.196. The van der Waals surface area contributed by atoms with E-state index in [2.05, 4.69) is 18.7 Å². The first-order valence-corrected chi connectivity index (χ1v) is 5.19. The van der Waals surface area contributed by atoms with Gasteiger partial charge in [0.05, 0.1) is 11.6 Å². The zero-order chi connectivity index (χ0) is 10.3. The van der Waals surface area contributed by atoms with Crippen LogP contribution in [0.3, 0.4) is 0 Å². The van der Waals surface area contributed by atoms with Gasteiger partial charge in [0.2, 0.25) is 0 Å². The fourth-order valence-electron chi connectivity index (χ4n) is 1.49. The van der Waals surface area contributed by atoms with Crippen LogP contribution in [-0.4, -0.2) is 40.7 Å². The van der Waals surface area contributed by atoms with Crippen LogP contribution in [0.2, 0.25) is 0 Å². The van der Waals surface area contributed by atoms with Crippen LogP contribution in [0.15, 0.2) is 0 Å². The van der Waals surface area contributed by atoms with Crippen molar-refractivity contribution >= 4 is 17.2 Å². The standard InChI is InChI=1S/C9H20N2OS/c1-3-8(7-9(10)13)11(4-2)5-6-12/h8,12H,3-7H2,1-2H3,(H2,10,13). The Labute approximate surface area is 85.9 Å². The number of rotatable bonds is 7. The van der Waals surface area contributed by atoms with Crippen LogP contribution in [-0.2, 0) is 0 Å². The Balaban J connectivity index is 4.07. The van der Waals surface area contributed by atoms with Gasteiger partial charge in [-0.15, -0.1) is 0 Å². The van der Waals surface area contributed by atoms with Gasteiger partial charge in [-0.2, -0.15) is 0 Å². The Morgan fingerprint density at radius 3 is 2.46 bits per heavy atom. The number of hydrogen-bond acceptors (Lipinski definition) is 3. The smallest absolute Gasteiger partial charge is 0.0743 e. The van der Waals surface area contributed by atoms with Gasteiger partial charge in [-0.05, 0) is 13.0 Å². The van der Waals surface area contributed by atoms with Crippen molar-refractivity contribution < 1.29 is 5.11 Å². The molecule has 13 heavy (non-hydrogen) atoms. The predicted molar refractivity (Wildman–Crippen MR) is 59.8 cm³/mol. The number of nitrogens with two attached hydrogens (primary N) is 1. The second kappa shape index (κ2) is 7.24. The van der Waals surface area contributed by atoms with Crippen LogP contribution < -0.4 is 5.73 Å². The van der Waals surface area contributed by atoms with Crippen molar-refractivity contribution in [2.24, 2.45) is 5.73 Å². The molecule has 0 spiro atoms. The lowest BCUT2D eigenvalue weighted by atomic mass is 10.1. The molecule has 0 aromatic carbocycles. The molecular formula is C9H20N2OS. The van der Waals surface area contributed by atoms with Crippen molar-refractivity contribution in [3.05, 3.63) is 0 Å². The van der Waals surface area contributed by atoms with E-state index in [1.165, 1.54) is 0 Å². The van der Waals surface area contributed by atoms with Gasteiger partial charge in [-0.25, -0.2) is 0 Å². The summed E-state index contributed by atoms with van der Waals surface area (Å²) >= 11 is 4.88. The molecule has 0 aromatic heterocycles.